The van der Waals surface area contributed by atoms with Gasteiger partial charge in [0.05, 0.1) is 5.69 Å². The number of ether oxygens (including phenoxy) is 1. The molecule has 134 valence electrons. The molecule has 1 fully saturated rings. The highest BCUT2D eigenvalue weighted by Crippen LogP contribution is 2.26. The van der Waals surface area contributed by atoms with Crippen molar-refractivity contribution in [3.8, 4) is 0 Å². The molecular weight excluding hydrogens is 320 g/mol. The smallest absolute Gasteiger partial charge is 0.344 e. The molecule has 0 saturated heterocycles. The lowest BCUT2D eigenvalue weighted by Crippen LogP contribution is -2.41. The maximum absolute atomic E-state index is 12.4. The zero-order chi connectivity index (χ0) is 18.0. The molecule has 7 nitrogen and oxygen atoms in total. The molecule has 7 heteroatoms. The van der Waals surface area contributed by atoms with Crippen molar-refractivity contribution in [2.75, 3.05) is 13.7 Å². The number of likely N-dealkylation sites (N-methyl/N-ethyl adjacent to an activating group) is 1. The number of esters is 1. The Morgan fingerprint density at radius 2 is 2.04 bits per heavy atom. The summed E-state index contributed by atoms with van der Waals surface area (Å²) in [5.74, 6) is -0.0103. The standard InChI is InChI=1S/C18H24N4O3/c1-12-5-7-14(8-6-12)21(3)15(23)11-25-18(24)16-13(2)20-22-10-4-9-19-17(16)22/h4,9-10,12,14H,5-8,11H2,1-3H3. The third-order valence-electron chi connectivity index (χ3n) is 5.03. The maximum atomic E-state index is 12.4. The Hall–Kier alpha value is -2.44. The van der Waals surface area contributed by atoms with Crippen molar-refractivity contribution < 1.29 is 14.3 Å². The van der Waals surface area contributed by atoms with E-state index in [9.17, 15) is 9.59 Å². The molecule has 0 aliphatic heterocycles. The first-order chi connectivity index (χ1) is 12.0. The van der Waals surface area contributed by atoms with Crippen molar-refractivity contribution in [1.82, 2.24) is 19.5 Å². The highest BCUT2D eigenvalue weighted by molar-refractivity contribution is 5.98. The van der Waals surface area contributed by atoms with Gasteiger partial charge in [0, 0.05) is 25.5 Å². The van der Waals surface area contributed by atoms with Gasteiger partial charge in [-0.05, 0) is 44.6 Å². The quantitative estimate of drug-likeness (QED) is 0.795. The van der Waals surface area contributed by atoms with Crippen molar-refractivity contribution in [1.29, 1.82) is 0 Å². The molecule has 0 unspecified atom stereocenters. The largest absolute Gasteiger partial charge is 0.452 e. The first-order valence-corrected chi connectivity index (χ1v) is 8.70. The van der Waals surface area contributed by atoms with Gasteiger partial charge in [-0.3, -0.25) is 4.79 Å². The number of nitrogens with zero attached hydrogens (tertiary/aromatic N) is 4. The molecular formula is C18H24N4O3. The molecule has 0 bridgehead atoms. The lowest BCUT2D eigenvalue weighted by atomic mass is 9.87. The highest BCUT2D eigenvalue weighted by atomic mass is 16.5. The van der Waals surface area contributed by atoms with Crippen LogP contribution in [0.15, 0.2) is 18.5 Å². The number of carbonyl (C=O) groups is 2. The maximum Gasteiger partial charge on any atom is 0.344 e. The van der Waals surface area contributed by atoms with Crippen molar-refractivity contribution in [2.24, 2.45) is 5.92 Å². The van der Waals surface area contributed by atoms with Crippen LogP contribution in [0.1, 0.15) is 48.7 Å². The number of aryl methyl sites for hydroxylation is 1. The Morgan fingerprint density at radius 1 is 1.32 bits per heavy atom. The van der Waals surface area contributed by atoms with E-state index in [1.165, 1.54) is 4.52 Å². The number of carbonyl (C=O) groups excluding carboxylic acids is 2. The fourth-order valence-electron chi connectivity index (χ4n) is 3.37. The second-order valence-corrected chi connectivity index (χ2v) is 6.84. The van der Waals surface area contributed by atoms with E-state index in [1.807, 2.05) is 0 Å². The summed E-state index contributed by atoms with van der Waals surface area (Å²) in [6.45, 7) is 3.71. The van der Waals surface area contributed by atoms with Crippen LogP contribution >= 0.6 is 0 Å². The molecule has 1 amide bonds. The third kappa shape index (κ3) is 3.65. The molecule has 2 aromatic rings. The summed E-state index contributed by atoms with van der Waals surface area (Å²) in [5, 5.41) is 4.23. The van der Waals surface area contributed by atoms with Crippen LogP contribution in [0.3, 0.4) is 0 Å². The number of hydrogen-bond donors (Lipinski definition) is 0. The number of fused-ring (bicyclic) bond motifs is 1. The van der Waals surface area contributed by atoms with Gasteiger partial charge in [-0.2, -0.15) is 5.10 Å². The Balaban J connectivity index is 1.61. The molecule has 1 aliphatic carbocycles. The second kappa shape index (κ2) is 7.21. The van der Waals surface area contributed by atoms with Gasteiger partial charge >= 0.3 is 5.97 Å². The Morgan fingerprint density at radius 3 is 2.76 bits per heavy atom. The minimum atomic E-state index is -0.565. The van der Waals surface area contributed by atoms with Crippen LogP contribution in [-0.2, 0) is 9.53 Å². The van der Waals surface area contributed by atoms with Gasteiger partial charge in [0.15, 0.2) is 12.3 Å². The number of rotatable bonds is 4. The van der Waals surface area contributed by atoms with Gasteiger partial charge in [-0.15, -0.1) is 0 Å². The molecule has 25 heavy (non-hydrogen) atoms. The molecule has 2 aromatic heterocycles. The van der Waals surface area contributed by atoms with E-state index in [-0.39, 0.29) is 18.6 Å². The molecule has 0 spiro atoms. The normalized spacial score (nSPS) is 20.4. The average Bonchev–Trinajstić information content (AvgIpc) is 2.95. The van der Waals surface area contributed by atoms with E-state index in [1.54, 1.807) is 37.3 Å². The Kier molecular flexibility index (Phi) is 5.01. The summed E-state index contributed by atoms with van der Waals surface area (Å²) in [4.78, 5) is 30.7. The molecule has 2 heterocycles. The first kappa shape index (κ1) is 17.4. The van der Waals surface area contributed by atoms with Gasteiger partial charge in [-0.1, -0.05) is 6.92 Å². The number of amides is 1. The van der Waals surface area contributed by atoms with Crippen LogP contribution in [0, 0.1) is 12.8 Å². The Bertz CT molecular complexity index is 778. The minimum Gasteiger partial charge on any atom is -0.452 e. The number of aromatic nitrogens is 3. The summed E-state index contributed by atoms with van der Waals surface area (Å²) in [6, 6.07) is 1.97. The van der Waals surface area contributed by atoms with Crippen LogP contribution in [0.25, 0.3) is 5.65 Å². The van der Waals surface area contributed by atoms with Crippen LogP contribution in [0.2, 0.25) is 0 Å². The zero-order valence-electron chi connectivity index (χ0n) is 14.9. The van der Waals surface area contributed by atoms with Gasteiger partial charge < -0.3 is 9.64 Å². The second-order valence-electron chi connectivity index (χ2n) is 6.84. The minimum absolute atomic E-state index is 0.171. The van der Waals surface area contributed by atoms with Gasteiger partial charge in [0.2, 0.25) is 0 Å². The van der Waals surface area contributed by atoms with Gasteiger partial charge in [0.25, 0.3) is 5.91 Å². The summed E-state index contributed by atoms with van der Waals surface area (Å²) < 4.78 is 6.78. The molecule has 0 atom stereocenters. The van der Waals surface area contributed by atoms with E-state index < -0.39 is 5.97 Å². The van der Waals surface area contributed by atoms with Gasteiger partial charge in [-0.25, -0.2) is 14.3 Å². The fourth-order valence-corrected chi connectivity index (χ4v) is 3.37. The average molecular weight is 344 g/mol. The van der Waals surface area contributed by atoms with E-state index in [2.05, 4.69) is 17.0 Å². The molecule has 1 aliphatic rings. The lowest BCUT2D eigenvalue weighted by molar-refractivity contribution is -0.136. The van der Waals surface area contributed by atoms with Crippen molar-refractivity contribution in [2.45, 2.75) is 45.6 Å². The molecule has 3 rings (SSSR count). The Labute approximate surface area is 147 Å². The van der Waals surface area contributed by atoms with Crippen molar-refractivity contribution in [3.63, 3.8) is 0 Å². The van der Waals surface area contributed by atoms with E-state index in [0.717, 1.165) is 31.6 Å². The highest BCUT2D eigenvalue weighted by Gasteiger charge is 2.26. The van der Waals surface area contributed by atoms with Crippen molar-refractivity contribution >= 4 is 17.5 Å². The fraction of sp³-hybridized carbons (Fsp3) is 0.556. The van der Waals surface area contributed by atoms with Crippen LogP contribution in [0.5, 0.6) is 0 Å². The van der Waals surface area contributed by atoms with E-state index in [0.29, 0.717) is 16.9 Å². The SMILES string of the molecule is Cc1nn2cccnc2c1C(=O)OCC(=O)N(C)C1CCC(C)CC1. The number of hydrogen-bond acceptors (Lipinski definition) is 5. The van der Waals surface area contributed by atoms with Crippen LogP contribution in [0.4, 0.5) is 0 Å². The topological polar surface area (TPSA) is 76.8 Å². The van der Waals surface area contributed by atoms with Crippen LogP contribution in [-0.4, -0.2) is 51.1 Å². The van der Waals surface area contributed by atoms with Crippen molar-refractivity contribution in [3.05, 3.63) is 29.7 Å². The summed E-state index contributed by atoms with van der Waals surface area (Å²) in [7, 11) is 1.79. The third-order valence-corrected chi connectivity index (χ3v) is 5.03. The lowest BCUT2D eigenvalue weighted by Gasteiger charge is -2.33. The van der Waals surface area contributed by atoms with Crippen LogP contribution < -0.4 is 0 Å². The molecule has 0 radical (unpaired) electrons. The van der Waals surface area contributed by atoms with E-state index >= 15 is 0 Å². The monoisotopic (exact) mass is 344 g/mol. The predicted octanol–water partition coefficient (Wildman–Crippen LogP) is 2.23. The predicted molar refractivity (Wildman–Crippen MR) is 92.2 cm³/mol. The summed E-state index contributed by atoms with van der Waals surface area (Å²) in [5.41, 5.74) is 1.28. The van der Waals surface area contributed by atoms with E-state index in [4.69, 9.17) is 4.74 Å². The zero-order valence-corrected chi connectivity index (χ0v) is 14.9. The summed E-state index contributed by atoms with van der Waals surface area (Å²) in [6.07, 6.45) is 7.60. The summed E-state index contributed by atoms with van der Waals surface area (Å²) >= 11 is 0. The van der Waals surface area contributed by atoms with Gasteiger partial charge in [0.1, 0.15) is 5.56 Å². The molecule has 0 aromatic carbocycles. The molecule has 1 saturated carbocycles. The first-order valence-electron chi connectivity index (χ1n) is 8.70. The molecule has 0 N–H and O–H groups in total.